The first-order chi connectivity index (χ1) is 16.8. The molecule has 1 aliphatic heterocycles. The van der Waals surface area contributed by atoms with Gasteiger partial charge in [0.1, 0.15) is 23.1 Å². The van der Waals surface area contributed by atoms with E-state index in [1.54, 1.807) is 18.2 Å². The third kappa shape index (κ3) is 4.27. The number of carbonyl (C=O) groups is 1. The van der Waals surface area contributed by atoms with Crippen LogP contribution in [0.4, 0.5) is 4.39 Å². The van der Waals surface area contributed by atoms with Gasteiger partial charge in [-0.3, -0.25) is 4.79 Å². The SMILES string of the molecule is CCc1c(C(=O)N2CCOc3ccc(-c4ccc5nc[nH]c5c4)cc3C2)ccc(S(C)(=O)=O)c1F. The monoisotopic (exact) mass is 493 g/mol. The Morgan fingerprint density at radius 2 is 1.91 bits per heavy atom. The molecule has 5 rings (SSSR count). The van der Waals surface area contributed by atoms with Crippen molar-refractivity contribution >= 4 is 26.8 Å². The van der Waals surface area contributed by atoms with Crippen molar-refractivity contribution in [2.24, 2.45) is 0 Å². The molecule has 35 heavy (non-hydrogen) atoms. The van der Waals surface area contributed by atoms with Gasteiger partial charge < -0.3 is 14.6 Å². The fourth-order valence-corrected chi connectivity index (χ4v) is 5.23. The molecule has 0 aliphatic carbocycles. The van der Waals surface area contributed by atoms with Crippen LogP contribution < -0.4 is 4.74 Å². The zero-order valence-corrected chi connectivity index (χ0v) is 20.2. The highest BCUT2D eigenvalue weighted by Crippen LogP contribution is 2.31. The van der Waals surface area contributed by atoms with Crippen LogP contribution >= 0.6 is 0 Å². The molecule has 3 aromatic carbocycles. The summed E-state index contributed by atoms with van der Waals surface area (Å²) in [6.45, 7) is 2.60. The molecule has 1 N–H and O–H groups in total. The van der Waals surface area contributed by atoms with Crippen LogP contribution in [0.25, 0.3) is 22.2 Å². The zero-order valence-electron chi connectivity index (χ0n) is 19.3. The minimum atomic E-state index is -3.75. The number of halogens is 1. The van der Waals surface area contributed by atoms with E-state index in [1.807, 2.05) is 36.4 Å². The molecule has 0 saturated carbocycles. The molecule has 0 unspecified atom stereocenters. The number of sulfone groups is 1. The average Bonchev–Trinajstić information content (AvgIpc) is 3.20. The van der Waals surface area contributed by atoms with Gasteiger partial charge in [0.05, 0.1) is 23.9 Å². The Morgan fingerprint density at radius 3 is 2.69 bits per heavy atom. The van der Waals surface area contributed by atoms with Gasteiger partial charge in [0, 0.05) is 29.5 Å². The van der Waals surface area contributed by atoms with Gasteiger partial charge in [-0.05, 0) is 53.9 Å². The number of rotatable bonds is 4. The van der Waals surface area contributed by atoms with Crippen molar-refractivity contribution in [3.8, 4) is 16.9 Å². The Bertz CT molecular complexity index is 1560. The third-order valence-electron chi connectivity index (χ3n) is 6.27. The minimum absolute atomic E-state index is 0.102. The number of hydrogen-bond acceptors (Lipinski definition) is 5. The van der Waals surface area contributed by atoms with Gasteiger partial charge >= 0.3 is 0 Å². The Balaban J connectivity index is 1.48. The first kappa shape index (κ1) is 23.0. The smallest absolute Gasteiger partial charge is 0.254 e. The molecule has 0 saturated heterocycles. The highest BCUT2D eigenvalue weighted by atomic mass is 32.2. The molecule has 9 heteroatoms. The second kappa shape index (κ2) is 8.81. The molecular formula is C26H24FN3O4S. The molecule has 1 amide bonds. The first-order valence-electron chi connectivity index (χ1n) is 11.3. The number of amides is 1. The van der Waals surface area contributed by atoms with Gasteiger partial charge in [-0.1, -0.05) is 19.1 Å². The molecule has 180 valence electrons. The number of nitrogens with one attached hydrogen (secondary N) is 1. The van der Waals surface area contributed by atoms with Gasteiger partial charge in [0.25, 0.3) is 5.91 Å². The topological polar surface area (TPSA) is 92.4 Å². The van der Waals surface area contributed by atoms with Crippen molar-refractivity contribution in [2.75, 3.05) is 19.4 Å². The molecule has 0 bridgehead atoms. The quantitative estimate of drug-likeness (QED) is 0.456. The van der Waals surface area contributed by atoms with Crippen LogP contribution in [-0.2, 0) is 22.8 Å². The molecule has 7 nitrogen and oxygen atoms in total. The summed E-state index contributed by atoms with van der Waals surface area (Å²) in [5.41, 5.74) is 4.88. The van der Waals surface area contributed by atoms with Gasteiger partial charge in [0.2, 0.25) is 0 Å². The molecule has 0 spiro atoms. The van der Waals surface area contributed by atoms with Crippen LogP contribution in [0, 0.1) is 5.82 Å². The molecular weight excluding hydrogens is 469 g/mol. The molecule has 0 radical (unpaired) electrons. The molecule has 0 fully saturated rings. The van der Waals surface area contributed by atoms with E-state index in [-0.39, 0.29) is 30.0 Å². The average molecular weight is 494 g/mol. The van der Waals surface area contributed by atoms with E-state index in [2.05, 4.69) is 9.97 Å². The van der Waals surface area contributed by atoms with E-state index in [1.165, 1.54) is 12.1 Å². The van der Waals surface area contributed by atoms with Crippen molar-refractivity contribution in [1.82, 2.24) is 14.9 Å². The van der Waals surface area contributed by atoms with E-state index in [9.17, 15) is 13.2 Å². The predicted molar refractivity (Wildman–Crippen MR) is 131 cm³/mol. The maximum Gasteiger partial charge on any atom is 0.254 e. The maximum absolute atomic E-state index is 15.0. The summed E-state index contributed by atoms with van der Waals surface area (Å²) in [7, 11) is -3.75. The number of ether oxygens (including phenoxy) is 1. The van der Waals surface area contributed by atoms with Crippen LogP contribution in [0.3, 0.4) is 0 Å². The predicted octanol–water partition coefficient (Wildman–Crippen LogP) is 4.37. The molecule has 1 aliphatic rings. The summed E-state index contributed by atoms with van der Waals surface area (Å²) in [5, 5.41) is 0. The highest BCUT2D eigenvalue weighted by Gasteiger charge is 2.27. The Morgan fingerprint density at radius 1 is 1.14 bits per heavy atom. The van der Waals surface area contributed by atoms with Crippen LogP contribution in [0.5, 0.6) is 5.75 Å². The fourth-order valence-electron chi connectivity index (χ4n) is 4.46. The van der Waals surface area contributed by atoms with Crippen molar-refractivity contribution in [3.05, 3.63) is 77.4 Å². The standard InChI is InChI=1S/C26H24FN3O4S/c1-3-19-20(6-9-24(25(19)27)35(2,32)33)26(31)30-10-11-34-23-8-5-16(12-18(23)14-30)17-4-7-21-22(13-17)29-15-28-21/h4-9,12-13,15H,3,10-11,14H2,1-2H3,(H,28,29). The zero-order chi connectivity index (χ0) is 24.7. The van der Waals surface area contributed by atoms with Crippen LogP contribution in [0.1, 0.15) is 28.4 Å². The number of imidazole rings is 1. The number of H-pyrrole nitrogens is 1. The normalized spacial score (nSPS) is 13.9. The summed E-state index contributed by atoms with van der Waals surface area (Å²) in [6, 6.07) is 14.4. The fraction of sp³-hybridized carbons (Fsp3) is 0.231. The van der Waals surface area contributed by atoms with E-state index in [0.29, 0.717) is 18.9 Å². The summed E-state index contributed by atoms with van der Waals surface area (Å²) in [5.74, 6) is -0.522. The summed E-state index contributed by atoms with van der Waals surface area (Å²) in [6.07, 6.45) is 2.80. The number of benzene rings is 3. The lowest BCUT2D eigenvalue weighted by atomic mass is 10.0. The second-order valence-electron chi connectivity index (χ2n) is 8.56. The van der Waals surface area contributed by atoms with Gasteiger partial charge in [-0.2, -0.15) is 0 Å². The van der Waals surface area contributed by atoms with Crippen molar-refractivity contribution in [1.29, 1.82) is 0 Å². The van der Waals surface area contributed by atoms with Crippen LogP contribution in [0.2, 0.25) is 0 Å². The van der Waals surface area contributed by atoms with Gasteiger partial charge in [-0.25, -0.2) is 17.8 Å². The minimum Gasteiger partial charge on any atom is -0.491 e. The Kier molecular flexibility index (Phi) is 5.80. The third-order valence-corrected chi connectivity index (χ3v) is 7.39. The van der Waals surface area contributed by atoms with E-state index >= 15 is 4.39 Å². The van der Waals surface area contributed by atoms with Crippen molar-refractivity contribution < 1.29 is 22.3 Å². The van der Waals surface area contributed by atoms with Gasteiger partial charge in [0.15, 0.2) is 9.84 Å². The summed E-state index contributed by atoms with van der Waals surface area (Å²) >= 11 is 0. The highest BCUT2D eigenvalue weighted by molar-refractivity contribution is 7.90. The number of nitrogens with zero attached hydrogens (tertiary/aromatic N) is 2. The number of fused-ring (bicyclic) bond motifs is 2. The summed E-state index contributed by atoms with van der Waals surface area (Å²) < 4.78 is 44.8. The largest absolute Gasteiger partial charge is 0.491 e. The number of carbonyl (C=O) groups excluding carboxylic acids is 1. The molecule has 2 heterocycles. The Hall–Kier alpha value is -3.72. The lowest BCUT2D eigenvalue weighted by molar-refractivity contribution is 0.0731. The lowest BCUT2D eigenvalue weighted by Crippen LogP contribution is -2.33. The van der Waals surface area contributed by atoms with E-state index < -0.39 is 20.5 Å². The number of aromatic nitrogens is 2. The van der Waals surface area contributed by atoms with Crippen LogP contribution in [-0.4, -0.2) is 48.6 Å². The molecule has 1 aromatic heterocycles. The van der Waals surface area contributed by atoms with Gasteiger partial charge in [-0.15, -0.1) is 0 Å². The molecule has 4 aromatic rings. The van der Waals surface area contributed by atoms with E-state index in [4.69, 9.17) is 4.74 Å². The molecule has 0 atom stereocenters. The lowest BCUT2D eigenvalue weighted by Gasteiger charge is -2.22. The van der Waals surface area contributed by atoms with E-state index in [0.717, 1.165) is 34.0 Å². The summed E-state index contributed by atoms with van der Waals surface area (Å²) in [4.78, 5) is 22.1. The number of aromatic amines is 1. The maximum atomic E-state index is 15.0. The van der Waals surface area contributed by atoms with Crippen molar-refractivity contribution in [3.63, 3.8) is 0 Å². The second-order valence-corrected chi connectivity index (χ2v) is 10.5. The number of hydrogen-bond donors (Lipinski definition) is 1. The first-order valence-corrected chi connectivity index (χ1v) is 13.2. The Labute approximate surface area is 202 Å². The van der Waals surface area contributed by atoms with Crippen molar-refractivity contribution in [2.45, 2.75) is 24.8 Å². The van der Waals surface area contributed by atoms with Crippen LogP contribution in [0.15, 0.2) is 59.8 Å².